The Kier molecular flexibility index (Phi) is 5.87. The number of nitrogens with one attached hydrogen (secondary N) is 1. The van der Waals surface area contributed by atoms with Crippen molar-refractivity contribution in [1.82, 2.24) is 0 Å². The number of sulfone groups is 1. The molecule has 32 heavy (non-hydrogen) atoms. The normalized spacial score (nSPS) is 11.4. The second-order valence-electron chi connectivity index (χ2n) is 7.10. The van der Waals surface area contributed by atoms with Gasteiger partial charge in [-0.25, -0.2) is 8.42 Å². The maximum atomic E-state index is 12.5. The number of hydrogen-bond acceptors (Lipinski definition) is 6. The van der Waals surface area contributed by atoms with E-state index < -0.39 is 15.7 Å². The second-order valence-corrected chi connectivity index (χ2v) is 9.38. The Morgan fingerprint density at radius 2 is 1.78 bits per heavy atom. The van der Waals surface area contributed by atoms with Crippen molar-refractivity contribution < 1.29 is 27.5 Å². The minimum atomic E-state index is -3.48. The van der Waals surface area contributed by atoms with Crippen molar-refractivity contribution in [2.45, 2.75) is 18.4 Å². The number of carbonyl (C=O) groups excluding carboxylic acids is 1. The number of benzene rings is 3. The predicted molar refractivity (Wildman–Crippen MR) is 121 cm³/mol. The molecule has 2 N–H and O–H groups in total. The predicted octanol–water partition coefficient (Wildman–Crippen LogP) is 4.76. The van der Waals surface area contributed by atoms with Gasteiger partial charge in [-0.2, -0.15) is 0 Å². The third-order valence-electron chi connectivity index (χ3n) is 4.94. The summed E-state index contributed by atoms with van der Waals surface area (Å²) in [4.78, 5) is 12.5. The molecule has 7 nitrogen and oxygen atoms in total. The van der Waals surface area contributed by atoms with Crippen LogP contribution in [-0.2, 0) is 16.4 Å². The highest BCUT2D eigenvalue weighted by atomic mass is 32.2. The Morgan fingerprint density at radius 1 is 1.00 bits per heavy atom. The second kappa shape index (κ2) is 8.76. The summed E-state index contributed by atoms with van der Waals surface area (Å²) < 4.78 is 35.4. The number of rotatable bonds is 7. The Morgan fingerprint density at radius 3 is 2.56 bits per heavy atom. The lowest BCUT2D eigenvalue weighted by Crippen LogP contribution is -2.12. The Hall–Kier alpha value is -3.78. The lowest BCUT2D eigenvalue weighted by atomic mass is 10.1. The van der Waals surface area contributed by atoms with Crippen molar-refractivity contribution in [1.29, 1.82) is 0 Å². The highest BCUT2D eigenvalue weighted by molar-refractivity contribution is 7.91. The zero-order valence-electron chi connectivity index (χ0n) is 17.2. The first kappa shape index (κ1) is 21.5. The van der Waals surface area contributed by atoms with E-state index in [0.29, 0.717) is 11.5 Å². The minimum absolute atomic E-state index is 0.00487. The van der Waals surface area contributed by atoms with Crippen LogP contribution in [0.3, 0.4) is 0 Å². The highest BCUT2D eigenvalue weighted by Gasteiger charge is 2.17. The molecule has 1 amide bonds. The van der Waals surface area contributed by atoms with E-state index in [1.165, 1.54) is 31.2 Å². The zero-order chi connectivity index (χ0) is 22.7. The van der Waals surface area contributed by atoms with Gasteiger partial charge in [-0.1, -0.05) is 37.3 Å². The highest BCUT2D eigenvalue weighted by Crippen LogP contribution is 2.28. The molecular formula is C24H21NO6S. The third kappa shape index (κ3) is 4.60. The van der Waals surface area contributed by atoms with Crippen LogP contribution >= 0.6 is 0 Å². The Labute approximate surface area is 185 Å². The van der Waals surface area contributed by atoms with Crippen LogP contribution in [0.4, 0.5) is 5.69 Å². The molecule has 0 saturated heterocycles. The minimum Gasteiger partial charge on any atom is -0.506 e. The van der Waals surface area contributed by atoms with Crippen LogP contribution < -0.4 is 10.1 Å². The average Bonchev–Trinajstić information content (AvgIpc) is 3.28. The molecule has 8 heteroatoms. The molecule has 3 aromatic carbocycles. The maximum absolute atomic E-state index is 12.5. The third-order valence-corrected chi connectivity index (χ3v) is 6.68. The van der Waals surface area contributed by atoms with E-state index in [9.17, 15) is 18.3 Å². The summed E-state index contributed by atoms with van der Waals surface area (Å²) in [7, 11) is -3.48. The number of carbonyl (C=O) groups is 1. The van der Waals surface area contributed by atoms with Crippen molar-refractivity contribution in [2.24, 2.45) is 0 Å². The summed E-state index contributed by atoms with van der Waals surface area (Å²) in [6, 6.07) is 20.5. The molecule has 0 aliphatic heterocycles. The fourth-order valence-corrected chi connectivity index (χ4v) is 4.05. The van der Waals surface area contributed by atoms with Crippen molar-refractivity contribution >= 4 is 32.2 Å². The van der Waals surface area contributed by atoms with E-state index in [2.05, 4.69) is 5.32 Å². The molecule has 0 aliphatic rings. The largest absolute Gasteiger partial charge is 0.506 e. The molecule has 164 valence electrons. The Balaban J connectivity index is 1.44. The van der Waals surface area contributed by atoms with E-state index in [1.807, 2.05) is 42.5 Å². The summed E-state index contributed by atoms with van der Waals surface area (Å²) in [5, 5.41) is 14.6. The van der Waals surface area contributed by atoms with Crippen molar-refractivity contribution in [3.8, 4) is 11.5 Å². The first-order chi connectivity index (χ1) is 15.4. The SMILES string of the molecule is CCS(=O)(=O)c1ccc(O)c(NC(=O)c2ccc(COc3ccc4ccccc4c3)o2)c1. The number of amides is 1. The van der Waals surface area contributed by atoms with Crippen molar-refractivity contribution in [3.05, 3.63) is 84.3 Å². The van der Waals surface area contributed by atoms with Gasteiger partial charge < -0.3 is 19.6 Å². The maximum Gasteiger partial charge on any atom is 0.291 e. The van der Waals surface area contributed by atoms with Gasteiger partial charge in [0.2, 0.25) is 0 Å². The summed E-state index contributed by atoms with van der Waals surface area (Å²) in [5.41, 5.74) is -0.0186. The van der Waals surface area contributed by atoms with E-state index in [1.54, 1.807) is 6.07 Å². The molecule has 0 unspecified atom stereocenters. The average molecular weight is 452 g/mol. The monoisotopic (exact) mass is 451 g/mol. The molecular weight excluding hydrogens is 430 g/mol. The van der Waals surface area contributed by atoms with Gasteiger partial charge in [-0.05, 0) is 53.2 Å². The van der Waals surface area contributed by atoms with Crippen LogP contribution in [-0.4, -0.2) is 25.2 Å². The molecule has 0 aliphatic carbocycles. The van der Waals surface area contributed by atoms with Crippen LogP contribution in [0.1, 0.15) is 23.2 Å². The van der Waals surface area contributed by atoms with Gasteiger partial charge in [0.25, 0.3) is 5.91 Å². The summed E-state index contributed by atoms with van der Waals surface area (Å²) in [6.07, 6.45) is 0. The number of hydrogen-bond donors (Lipinski definition) is 2. The topological polar surface area (TPSA) is 106 Å². The molecule has 1 aromatic heterocycles. The summed E-state index contributed by atoms with van der Waals surface area (Å²) in [6.45, 7) is 1.64. The van der Waals surface area contributed by atoms with Gasteiger partial charge >= 0.3 is 0 Å². The number of anilines is 1. The van der Waals surface area contributed by atoms with Crippen molar-refractivity contribution in [2.75, 3.05) is 11.1 Å². The van der Waals surface area contributed by atoms with Crippen LogP contribution in [0.15, 0.2) is 82.1 Å². The number of phenolic OH excluding ortho intramolecular Hbond substituents is 1. The molecule has 4 aromatic rings. The quantitative estimate of drug-likeness (QED) is 0.392. The number of fused-ring (bicyclic) bond motifs is 1. The fraction of sp³-hybridized carbons (Fsp3) is 0.125. The molecule has 0 saturated carbocycles. The van der Waals surface area contributed by atoms with Crippen LogP contribution in [0.2, 0.25) is 0 Å². The molecule has 0 fully saturated rings. The molecule has 0 radical (unpaired) electrons. The molecule has 1 heterocycles. The standard InChI is InChI=1S/C24H21NO6S/c1-2-32(28,29)20-10-11-22(26)21(14-20)25-24(27)23-12-9-19(31-23)15-30-18-8-7-16-5-3-4-6-17(16)13-18/h3-14,26H,2,15H2,1H3,(H,25,27). The van der Waals surface area contributed by atoms with Gasteiger partial charge in [-0.15, -0.1) is 0 Å². The van der Waals surface area contributed by atoms with E-state index in [4.69, 9.17) is 9.15 Å². The van der Waals surface area contributed by atoms with Gasteiger partial charge in [0, 0.05) is 0 Å². The van der Waals surface area contributed by atoms with Gasteiger partial charge in [0.05, 0.1) is 16.3 Å². The first-order valence-corrected chi connectivity index (χ1v) is 11.6. The van der Waals surface area contributed by atoms with Crippen LogP contribution in [0.25, 0.3) is 10.8 Å². The summed E-state index contributed by atoms with van der Waals surface area (Å²) in [5.74, 6) is 0.150. The molecule has 4 rings (SSSR count). The van der Waals surface area contributed by atoms with Gasteiger partial charge in [-0.3, -0.25) is 4.79 Å². The van der Waals surface area contributed by atoms with Gasteiger partial charge in [0.15, 0.2) is 15.6 Å². The Bertz CT molecular complexity index is 1390. The van der Waals surface area contributed by atoms with E-state index in [-0.39, 0.29) is 34.5 Å². The number of aromatic hydroxyl groups is 1. The van der Waals surface area contributed by atoms with Crippen LogP contribution in [0.5, 0.6) is 11.5 Å². The molecule has 0 bridgehead atoms. The van der Waals surface area contributed by atoms with Crippen LogP contribution in [0, 0.1) is 0 Å². The smallest absolute Gasteiger partial charge is 0.291 e. The number of phenols is 1. The molecule has 0 atom stereocenters. The molecule has 0 spiro atoms. The van der Waals surface area contributed by atoms with Crippen molar-refractivity contribution in [3.63, 3.8) is 0 Å². The van der Waals surface area contributed by atoms with Gasteiger partial charge in [0.1, 0.15) is 23.9 Å². The number of ether oxygens (including phenoxy) is 1. The lowest BCUT2D eigenvalue weighted by molar-refractivity contribution is 0.0992. The lowest BCUT2D eigenvalue weighted by Gasteiger charge is -2.09. The van der Waals surface area contributed by atoms with E-state index >= 15 is 0 Å². The fourth-order valence-electron chi connectivity index (χ4n) is 3.15. The zero-order valence-corrected chi connectivity index (χ0v) is 18.1. The van der Waals surface area contributed by atoms with E-state index in [0.717, 1.165) is 10.8 Å². The summed E-state index contributed by atoms with van der Waals surface area (Å²) >= 11 is 0. The number of furan rings is 1. The first-order valence-electron chi connectivity index (χ1n) is 9.93.